The lowest BCUT2D eigenvalue weighted by atomic mass is 9.82. The third-order valence-electron chi connectivity index (χ3n) is 4.48. The molecule has 0 radical (unpaired) electrons. The van der Waals surface area contributed by atoms with Crippen LogP contribution in [0.5, 0.6) is 0 Å². The van der Waals surface area contributed by atoms with E-state index in [1.165, 1.54) is 32.4 Å². The summed E-state index contributed by atoms with van der Waals surface area (Å²) in [5.74, 6) is 0.865. The second-order valence-corrected chi connectivity index (χ2v) is 5.97. The number of ether oxygens (including phenoxy) is 1. The number of likely N-dealkylation sites (tertiary alicyclic amines) is 1. The monoisotopic (exact) mass is 241 g/mol. The van der Waals surface area contributed by atoms with Gasteiger partial charge in [-0.25, -0.2) is 0 Å². The fraction of sp³-hybridized carbons (Fsp3) is 1.00. The van der Waals surface area contributed by atoms with Crippen LogP contribution >= 0.6 is 0 Å². The molecule has 0 aromatic carbocycles. The molecule has 2 saturated heterocycles. The lowest BCUT2D eigenvalue weighted by Gasteiger charge is -2.42. The Morgan fingerprint density at radius 2 is 2.29 bits per heavy atom. The normalized spacial score (nSPS) is 36.0. The Morgan fingerprint density at radius 3 is 2.94 bits per heavy atom. The summed E-state index contributed by atoms with van der Waals surface area (Å²) in [6.45, 7) is 7.65. The van der Waals surface area contributed by atoms with Crippen molar-refractivity contribution in [2.45, 2.75) is 39.0 Å². The Bertz CT molecular complexity index is 226. The van der Waals surface area contributed by atoms with Crippen molar-refractivity contribution < 1.29 is 9.84 Å². The number of hydrogen-bond donors (Lipinski definition) is 1. The zero-order valence-corrected chi connectivity index (χ0v) is 11.2. The minimum atomic E-state index is 0.0217. The van der Waals surface area contributed by atoms with Crippen LogP contribution in [-0.4, -0.2) is 49.5 Å². The van der Waals surface area contributed by atoms with Crippen molar-refractivity contribution >= 4 is 0 Å². The van der Waals surface area contributed by atoms with Gasteiger partial charge in [-0.05, 0) is 38.1 Å². The molecule has 2 aliphatic heterocycles. The Balaban J connectivity index is 1.88. The minimum absolute atomic E-state index is 0.0217. The third-order valence-corrected chi connectivity index (χ3v) is 4.48. The number of rotatable bonds is 4. The van der Waals surface area contributed by atoms with Gasteiger partial charge in [0.05, 0.1) is 13.2 Å². The minimum Gasteiger partial charge on any atom is -0.396 e. The van der Waals surface area contributed by atoms with Crippen molar-refractivity contribution in [2.75, 3.05) is 39.5 Å². The number of nitrogens with zero attached hydrogens (tertiary/aromatic N) is 1. The largest absolute Gasteiger partial charge is 0.396 e. The van der Waals surface area contributed by atoms with Crippen molar-refractivity contribution in [3.05, 3.63) is 0 Å². The molecule has 2 heterocycles. The van der Waals surface area contributed by atoms with Gasteiger partial charge in [0.15, 0.2) is 0 Å². The highest BCUT2D eigenvalue weighted by molar-refractivity contribution is 4.86. The molecule has 2 rings (SSSR count). The summed E-state index contributed by atoms with van der Waals surface area (Å²) in [5, 5.41) is 9.69. The molecule has 0 aromatic heterocycles. The SMILES string of the molecule is CCC1CCCN(CC2(CO)CCCOC2)C1. The molecule has 1 N–H and O–H groups in total. The molecule has 0 saturated carbocycles. The van der Waals surface area contributed by atoms with Gasteiger partial charge in [-0.15, -0.1) is 0 Å². The van der Waals surface area contributed by atoms with Crippen molar-refractivity contribution in [3.8, 4) is 0 Å². The fourth-order valence-corrected chi connectivity index (χ4v) is 3.31. The maximum atomic E-state index is 9.69. The van der Waals surface area contributed by atoms with Crippen LogP contribution in [0.1, 0.15) is 39.0 Å². The van der Waals surface area contributed by atoms with Crippen LogP contribution < -0.4 is 0 Å². The topological polar surface area (TPSA) is 32.7 Å². The standard InChI is InChI=1S/C14H27NO2/c1-2-13-5-3-7-15(9-13)10-14(11-16)6-4-8-17-12-14/h13,16H,2-12H2,1H3. The summed E-state index contributed by atoms with van der Waals surface area (Å²) in [6, 6.07) is 0. The first kappa shape index (κ1) is 13.3. The summed E-state index contributed by atoms with van der Waals surface area (Å²) in [4.78, 5) is 2.56. The highest BCUT2D eigenvalue weighted by Gasteiger charge is 2.35. The van der Waals surface area contributed by atoms with Crippen LogP contribution in [0.4, 0.5) is 0 Å². The van der Waals surface area contributed by atoms with Gasteiger partial charge in [0, 0.05) is 25.1 Å². The van der Waals surface area contributed by atoms with E-state index >= 15 is 0 Å². The summed E-state index contributed by atoms with van der Waals surface area (Å²) in [5.41, 5.74) is 0.0217. The molecule has 2 fully saturated rings. The molecular formula is C14H27NO2. The Hall–Kier alpha value is -0.120. The summed E-state index contributed by atoms with van der Waals surface area (Å²) in [7, 11) is 0. The van der Waals surface area contributed by atoms with E-state index in [1.54, 1.807) is 0 Å². The summed E-state index contributed by atoms with van der Waals surface area (Å²) in [6.07, 6.45) is 6.22. The van der Waals surface area contributed by atoms with Gasteiger partial charge in [0.25, 0.3) is 0 Å². The van der Waals surface area contributed by atoms with Crippen LogP contribution in [0.3, 0.4) is 0 Å². The number of aliphatic hydroxyl groups is 1. The molecule has 0 spiro atoms. The maximum absolute atomic E-state index is 9.69. The first-order valence-electron chi connectivity index (χ1n) is 7.19. The number of aliphatic hydroxyl groups excluding tert-OH is 1. The van der Waals surface area contributed by atoms with E-state index in [0.29, 0.717) is 0 Å². The van der Waals surface area contributed by atoms with Gasteiger partial charge in [-0.1, -0.05) is 13.3 Å². The molecule has 0 amide bonds. The predicted molar refractivity (Wildman–Crippen MR) is 69.0 cm³/mol. The molecule has 0 bridgehead atoms. The van der Waals surface area contributed by atoms with Crippen LogP contribution in [0.25, 0.3) is 0 Å². The van der Waals surface area contributed by atoms with Gasteiger partial charge >= 0.3 is 0 Å². The fourth-order valence-electron chi connectivity index (χ4n) is 3.31. The Morgan fingerprint density at radius 1 is 1.41 bits per heavy atom. The molecule has 2 aliphatic rings. The lowest BCUT2D eigenvalue weighted by Crippen LogP contribution is -2.48. The van der Waals surface area contributed by atoms with E-state index in [-0.39, 0.29) is 12.0 Å². The van der Waals surface area contributed by atoms with Gasteiger partial charge < -0.3 is 14.7 Å². The highest BCUT2D eigenvalue weighted by atomic mass is 16.5. The van der Waals surface area contributed by atoms with Crippen molar-refractivity contribution in [2.24, 2.45) is 11.3 Å². The van der Waals surface area contributed by atoms with Gasteiger partial charge in [0.2, 0.25) is 0 Å². The molecule has 2 atom stereocenters. The van der Waals surface area contributed by atoms with Gasteiger partial charge in [0.1, 0.15) is 0 Å². The summed E-state index contributed by atoms with van der Waals surface area (Å²) < 4.78 is 5.58. The molecule has 2 unspecified atom stereocenters. The van der Waals surface area contributed by atoms with Gasteiger partial charge in [-0.2, -0.15) is 0 Å². The molecule has 0 aliphatic carbocycles. The third kappa shape index (κ3) is 3.43. The van der Waals surface area contributed by atoms with Crippen LogP contribution in [0.15, 0.2) is 0 Å². The van der Waals surface area contributed by atoms with E-state index in [9.17, 15) is 5.11 Å². The van der Waals surface area contributed by atoms with Crippen LogP contribution in [0.2, 0.25) is 0 Å². The second kappa shape index (κ2) is 6.17. The quantitative estimate of drug-likeness (QED) is 0.816. The van der Waals surface area contributed by atoms with Crippen molar-refractivity contribution in [1.29, 1.82) is 0 Å². The zero-order chi connectivity index (χ0) is 12.1. The molecule has 3 nitrogen and oxygen atoms in total. The predicted octanol–water partition coefficient (Wildman–Crippen LogP) is 1.90. The average Bonchev–Trinajstić information content (AvgIpc) is 2.40. The highest BCUT2D eigenvalue weighted by Crippen LogP contribution is 2.31. The maximum Gasteiger partial charge on any atom is 0.0556 e. The number of hydrogen-bond acceptors (Lipinski definition) is 3. The van der Waals surface area contributed by atoms with Gasteiger partial charge in [-0.3, -0.25) is 0 Å². The number of piperidine rings is 1. The molecular weight excluding hydrogens is 214 g/mol. The smallest absolute Gasteiger partial charge is 0.0556 e. The van der Waals surface area contributed by atoms with E-state index in [0.717, 1.165) is 38.5 Å². The van der Waals surface area contributed by atoms with Crippen molar-refractivity contribution in [3.63, 3.8) is 0 Å². The Labute approximate surface area is 105 Å². The Kier molecular flexibility index (Phi) is 4.83. The molecule has 17 heavy (non-hydrogen) atoms. The summed E-state index contributed by atoms with van der Waals surface area (Å²) >= 11 is 0. The van der Waals surface area contributed by atoms with E-state index in [4.69, 9.17) is 4.74 Å². The first-order valence-corrected chi connectivity index (χ1v) is 7.19. The molecule has 100 valence electrons. The zero-order valence-electron chi connectivity index (χ0n) is 11.2. The first-order chi connectivity index (χ1) is 8.28. The molecule has 3 heteroatoms. The second-order valence-electron chi connectivity index (χ2n) is 5.97. The molecule has 0 aromatic rings. The van der Waals surface area contributed by atoms with Crippen LogP contribution in [-0.2, 0) is 4.74 Å². The van der Waals surface area contributed by atoms with Crippen molar-refractivity contribution in [1.82, 2.24) is 4.90 Å². The van der Waals surface area contributed by atoms with E-state index < -0.39 is 0 Å². The lowest BCUT2D eigenvalue weighted by molar-refractivity contribution is -0.0600. The van der Waals surface area contributed by atoms with E-state index in [1.807, 2.05) is 0 Å². The van der Waals surface area contributed by atoms with Crippen LogP contribution in [0, 0.1) is 11.3 Å². The average molecular weight is 241 g/mol. The van der Waals surface area contributed by atoms with E-state index in [2.05, 4.69) is 11.8 Å².